The second-order valence-corrected chi connectivity index (χ2v) is 7.07. The van der Waals surface area contributed by atoms with Gasteiger partial charge in [-0.25, -0.2) is 0 Å². The van der Waals surface area contributed by atoms with Crippen molar-refractivity contribution < 1.29 is 0 Å². The molecule has 0 bridgehead atoms. The van der Waals surface area contributed by atoms with Crippen LogP contribution in [-0.4, -0.2) is 0 Å². The van der Waals surface area contributed by atoms with E-state index in [1.807, 2.05) is 0 Å². The standard InChI is InChI=1S/C17H26/c1-11-8-9-14-15(10-11)17(6,7)13(3)12(2)16(14,4)5/h8-10,12-13H,1-7H3. The number of benzene rings is 1. The van der Waals surface area contributed by atoms with Crippen LogP contribution in [-0.2, 0) is 10.8 Å². The van der Waals surface area contributed by atoms with E-state index in [1.54, 1.807) is 11.1 Å². The lowest BCUT2D eigenvalue weighted by molar-refractivity contribution is 0.145. The van der Waals surface area contributed by atoms with Gasteiger partial charge in [-0.2, -0.15) is 0 Å². The third-order valence-electron chi connectivity index (χ3n) is 5.59. The Balaban J connectivity index is 2.73. The number of rotatable bonds is 0. The Morgan fingerprint density at radius 3 is 1.82 bits per heavy atom. The van der Waals surface area contributed by atoms with Gasteiger partial charge < -0.3 is 0 Å². The molecule has 2 unspecified atom stereocenters. The van der Waals surface area contributed by atoms with Gasteiger partial charge in [0.2, 0.25) is 0 Å². The quantitative estimate of drug-likeness (QED) is 0.598. The third kappa shape index (κ3) is 1.64. The largest absolute Gasteiger partial charge is 0.0614 e. The number of aryl methyl sites for hydroxylation is 1. The summed E-state index contributed by atoms with van der Waals surface area (Å²) in [6.07, 6.45) is 0. The molecule has 0 heteroatoms. The zero-order chi connectivity index (χ0) is 13.0. The lowest BCUT2D eigenvalue weighted by Crippen LogP contribution is -2.46. The van der Waals surface area contributed by atoms with E-state index in [0.29, 0.717) is 11.8 Å². The lowest BCUT2D eigenvalue weighted by atomic mass is 9.53. The molecule has 0 nitrogen and oxygen atoms in total. The van der Waals surface area contributed by atoms with Crippen molar-refractivity contribution in [2.24, 2.45) is 11.8 Å². The fourth-order valence-corrected chi connectivity index (χ4v) is 3.49. The number of hydrogen-bond donors (Lipinski definition) is 0. The monoisotopic (exact) mass is 230 g/mol. The smallest absolute Gasteiger partial charge is 0.00721 e. The van der Waals surface area contributed by atoms with Gasteiger partial charge in [-0.1, -0.05) is 65.3 Å². The van der Waals surface area contributed by atoms with Gasteiger partial charge in [0.1, 0.15) is 0 Å². The molecular formula is C17H26. The van der Waals surface area contributed by atoms with E-state index in [4.69, 9.17) is 0 Å². The van der Waals surface area contributed by atoms with Gasteiger partial charge in [-0.15, -0.1) is 0 Å². The van der Waals surface area contributed by atoms with Crippen molar-refractivity contribution >= 4 is 0 Å². The van der Waals surface area contributed by atoms with Crippen molar-refractivity contribution in [2.45, 2.75) is 59.3 Å². The number of fused-ring (bicyclic) bond motifs is 1. The Morgan fingerprint density at radius 1 is 0.824 bits per heavy atom. The van der Waals surface area contributed by atoms with E-state index in [0.717, 1.165) is 0 Å². The van der Waals surface area contributed by atoms with E-state index in [1.165, 1.54) is 5.56 Å². The highest BCUT2D eigenvalue weighted by atomic mass is 14.5. The molecule has 0 amide bonds. The van der Waals surface area contributed by atoms with Crippen LogP contribution < -0.4 is 0 Å². The highest BCUT2D eigenvalue weighted by molar-refractivity contribution is 5.44. The second-order valence-electron chi connectivity index (χ2n) is 7.07. The molecule has 0 aliphatic heterocycles. The summed E-state index contributed by atoms with van der Waals surface area (Å²) in [4.78, 5) is 0. The normalized spacial score (nSPS) is 29.8. The first-order chi connectivity index (χ1) is 7.69. The lowest BCUT2D eigenvalue weighted by Gasteiger charge is -2.51. The fourth-order valence-electron chi connectivity index (χ4n) is 3.49. The summed E-state index contributed by atoms with van der Waals surface area (Å²) < 4.78 is 0. The van der Waals surface area contributed by atoms with E-state index in [-0.39, 0.29) is 10.8 Å². The maximum Gasteiger partial charge on any atom is -0.00721 e. The van der Waals surface area contributed by atoms with Crippen LogP contribution in [0.4, 0.5) is 0 Å². The summed E-state index contributed by atoms with van der Waals surface area (Å²) in [5.74, 6) is 1.43. The molecule has 0 radical (unpaired) electrons. The molecule has 1 aliphatic carbocycles. The molecule has 94 valence electrons. The van der Waals surface area contributed by atoms with Crippen LogP contribution in [0.25, 0.3) is 0 Å². The minimum absolute atomic E-state index is 0.288. The summed E-state index contributed by atoms with van der Waals surface area (Å²) in [6.45, 7) is 16.6. The first-order valence-corrected chi connectivity index (χ1v) is 6.80. The second kappa shape index (κ2) is 3.60. The maximum absolute atomic E-state index is 2.41. The van der Waals surface area contributed by atoms with Gasteiger partial charge in [0.25, 0.3) is 0 Å². The summed E-state index contributed by atoms with van der Waals surface area (Å²) in [5, 5.41) is 0. The molecule has 0 saturated heterocycles. The molecule has 2 atom stereocenters. The molecule has 0 aromatic heterocycles. The molecule has 0 N–H and O–H groups in total. The van der Waals surface area contributed by atoms with Crippen molar-refractivity contribution in [1.29, 1.82) is 0 Å². The number of hydrogen-bond acceptors (Lipinski definition) is 0. The SMILES string of the molecule is Cc1ccc2c(c1)C(C)(C)C(C)C(C)C2(C)C. The maximum atomic E-state index is 2.41. The van der Waals surface area contributed by atoms with E-state index in [9.17, 15) is 0 Å². The van der Waals surface area contributed by atoms with E-state index in [2.05, 4.69) is 66.7 Å². The zero-order valence-corrected chi connectivity index (χ0v) is 12.4. The van der Waals surface area contributed by atoms with Crippen LogP contribution in [0.1, 0.15) is 58.2 Å². The van der Waals surface area contributed by atoms with Crippen molar-refractivity contribution in [3.8, 4) is 0 Å². The molecular weight excluding hydrogens is 204 g/mol. The van der Waals surface area contributed by atoms with Gasteiger partial charge in [-0.3, -0.25) is 0 Å². The van der Waals surface area contributed by atoms with Crippen LogP contribution >= 0.6 is 0 Å². The van der Waals surface area contributed by atoms with E-state index < -0.39 is 0 Å². The average molecular weight is 230 g/mol. The van der Waals surface area contributed by atoms with Crippen LogP contribution in [0.5, 0.6) is 0 Å². The van der Waals surface area contributed by atoms with E-state index >= 15 is 0 Å². The molecule has 1 aromatic rings. The van der Waals surface area contributed by atoms with Crippen LogP contribution in [0.15, 0.2) is 18.2 Å². The summed E-state index contributed by atoms with van der Waals surface area (Å²) in [7, 11) is 0. The van der Waals surface area contributed by atoms with Crippen molar-refractivity contribution in [1.82, 2.24) is 0 Å². The fraction of sp³-hybridized carbons (Fsp3) is 0.647. The Morgan fingerprint density at radius 2 is 1.29 bits per heavy atom. The third-order valence-corrected chi connectivity index (χ3v) is 5.59. The van der Waals surface area contributed by atoms with Crippen molar-refractivity contribution in [3.63, 3.8) is 0 Å². The van der Waals surface area contributed by atoms with Gasteiger partial charge >= 0.3 is 0 Å². The zero-order valence-electron chi connectivity index (χ0n) is 12.4. The minimum Gasteiger partial charge on any atom is -0.0614 e. The molecule has 17 heavy (non-hydrogen) atoms. The predicted molar refractivity (Wildman–Crippen MR) is 75.6 cm³/mol. The predicted octanol–water partition coefficient (Wildman–Crippen LogP) is 4.84. The van der Waals surface area contributed by atoms with Crippen molar-refractivity contribution in [3.05, 3.63) is 34.9 Å². The van der Waals surface area contributed by atoms with Crippen LogP contribution in [0, 0.1) is 18.8 Å². The molecule has 2 rings (SSSR count). The molecule has 0 saturated carbocycles. The van der Waals surface area contributed by atoms with Crippen LogP contribution in [0.3, 0.4) is 0 Å². The van der Waals surface area contributed by atoms with Gasteiger partial charge in [0, 0.05) is 0 Å². The topological polar surface area (TPSA) is 0 Å². The average Bonchev–Trinajstić information content (AvgIpc) is 2.25. The van der Waals surface area contributed by atoms with Gasteiger partial charge in [0.15, 0.2) is 0 Å². The first-order valence-electron chi connectivity index (χ1n) is 6.80. The summed E-state index contributed by atoms with van der Waals surface area (Å²) in [6, 6.07) is 7.02. The Labute approximate surface area is 106 Å². The molecule has 0 heterocycles. The molecule has 1 aliphatic rings. The Bertz CT molecular complexity index is 437. The highest BCUT2D eigenvalue weighted by Crippen LogP contribution is 2.52. The minimum atomic E-state index is 0.288. The summed E-state index contributed by atoms with van der Waals surface area (Å²) >= 11 is 0. The Hall–Kier alpha value is -0.780. The van der Waals surface area contributed by atoms with Gasteiger partial charge in [0.05, 0.1) is 0 Å². The van der Waals surface area contributed by atoms with Gasteiger partial charge in [-0.05, 0) is 40.7 Å². The first kappa shape index (κ1) is 12.7. The molecule has 1 aromatic carbocycles. The molecule has 0 fully saturated rings. The Kier molecular flexibility index (Phi) is 2.69. The van der Waals surface area contributed by atoms with Crippen molar-refractivity contribution in [2.75, 3.05) is 0 Å². The summed E-state index contributed by atoms with van der Waals surface area (Å²) in [5.41, 5.74) is 5.08. The highest BCUT2D eigenvalue weighted by Gasteiger charge is 2.46. The molecule has 0 spiro atoms. The van der Waals surface area contributed by atoms with Crippen LogP contribution in [0.2, 0.25) is 0 Å².